The van der Waals surface area contributed by atoms with Gasteiger partial charge in [-0.15, -0.1) is 0 Å². The lowest BCUT2D eigenvalue weighted by molar-refractivity contribution is -0.0127. The number of nitrogens with zero attached hydrogens (tertiary/aromatic N) is 1. The highest BCUT2D eigenvalue weighted by atomic mass is 16.5. The van der Waals surface area contributed by atoms with Gasteiger partial charge < -0.3 is 20.3 Å². The van der Waals surface area contributed by atoms with Crippen molar-refractivity contribution >= 4 is 23.2 Å². The van der Waals surface area contributed by atoms with Crippen LogP contribution in [0.25, 0.3) is 0 Å². The molecule has 0 unspecified atom stereocenters. The van der Waals surface area contributed by atoms with E-state index in [4.69, 9.17) is 4.74 Å². The van der Waals surface area contributed by atoms with E-state index in [1.165, 1.54) is 24.9 Å². The molecule has 6 heteroatoms. The zero-order valence-electron chi connectivity index (χ0n) is 20.3. The number of ketones is 1. The number of hydrogen-bond donors (Lipinski definition) is 2. The van der Waals surface area contributed by atoms with Crippen LogP contribution < -0.4 is 15.5 Å². The lowest BCUT2D eigenvalue weighted by Gasteiger charge is -2.56. The van der Waals surface area contributed by atoms with Gasteiger partial charge >= 0.3 is 6.03 Å². The van der Waals surface area contributed by atoms with E-state index in [-0.39, 0.29) is 17.4 Å². The van der Waals surface area contributed by atoms with Crippen molar-refractivity contribution in [2.75, 3.05) is 36.5 Å². The molecule has 35 heavy (non-hydrogen) atoms. The van der Waals surface area contributed by atoms with E-state index >= 15 is 0 Å². The number of Topliss-reactive ketones (excluding diaryl/α,β-unsaturated/α-hetero) is 1. The molecule has 5 fully saturated rings. The molecule has 184 valence electrons. The third kappa shape index (κ3) is 4.94. The van der Waals surface area contributed by atoms with Crippen LogP contribution in [0.2, 0.25) is 0 Å². The van der Waals surface area contributed by atoms with Crippen molar-refractivity contribution < 1.29 is 14.3 Å². The minimum Gasteiger partial charge on any atom is -0.378 e. The van der Waals surface area contributed by atoms with E-state index in [2.05, 4.69) is 27.7 Å². The molecule has 2 aromatic carbocycles. The fourth-order valence-corrected chi connectivity index (χ4v) is 7.37. The van der Waals surface area contributed by atoms with Crippen LogP contribution >= 0.6 is 0 Å². The first-order chi connectivity index (χ1) is 17.0. The summed E-state index contributed by atoms with van der Waals surface area (Å²) >= 11 is 0. The van der Waals surface area contributed by atoms with E-state index in [1.807, 2.05) is 30.3 Å². The Balaban J connectivity index is 1.06. The first-order valence-electron chi connectivity index (χ1n) is 13.2. The van der Waals surface area contributed by atoms with Crippen LogP contribution in [-0.2, 0) is 11.2 Å². The summed E-state index contributed by atoms with van der Waals surface area (Å²) in [5, 5.41) is 6.35. The van der Waals surface area contributed by atoms with Gasteiger partial charge in [-0.1, -0.05) is 24.3 Å². The number of rotatable bonds is 6. The number of morpholine rings is 1. The van der Waals surface area contributed by atoms with Crippen LogP contribution in [0, 0.1) is 17.8 Å². The number of nitrogens with one attached hydrogen (secondary N) is 2. The summed E-state index contributed by atoms with van der Waals surface area (Å²) in [6.07, 6.45) is 7.75. The van der Waals surface area contributed by atoms with E-state index in [0.29, 0.717) is 17.7 Å². The third-order valence-corrected chi connectivity index (χ3v) is 8.54. The van der Waals surface area contributed by atoms with E-state index in [9.17, 15) is 9.59 Å². The number of amides is 2. The van der Waals surface area contributed by atoms with Gasteiger partial charge in [-0.25, -0.2) is 4.79 Å². The zero-order valence-corrected chi connectivity index (χ0v) is 20.3. The lowest BCUT2D eigenvalue weighted by atomic mass is 9.53. The molecule has 7 rings (SSSR count). The maximum atomic E-state index is 13.0. The Morgan fingerprint density at radius 1 is 0.914 bits per heavy atom. The second kappa shape index (κ2) is 9.30. The van der Waals surface area contributed by atoms with Crippen molar-refractivity contribution in [3.8, 4) is 0 Å². The number of carbonyl (C=O) groups excluding carboxylic acids is 2. The standard InChI is InChI=1S/C29H35N3O3/c33-27(15-20-4-6-26(7-5-20)32-8-10-35-11-9-32)24-2-1-3-25(16-24)30-28(34)31-29-17-21-12-22(18-29)14-23(13-21)19-29/h1-7,16,21-23H,8-15,17-19H2,(H2,30,31,34). The van der Waals surface area contributed by atoms with Crippen molar-refractivity contribution in [2.24, 2.45) is 17.8 Å². The third-order valence-electron chi connectivity index (χ3n) is 8.54. The molecule has 1 aliphatic heterocycles. The van der Waals surface area contributed by atoms with Crippen molar-refractivity contribution in [3.63, 3.8) is 0 Å². The summed E-state index contributed by atoms with van der Waals surface area (Å²) < 4.78 is 5.42. The SMILES string of the molecule is O=C(Nc1cccc(C(=O)Cc2ccc(N3CCOCC3)cc2)c1)NC12CC3CC(CC(C3)C1)C2. The molecule has 4 bridgehead atoms. The highest BCUT2D eigenvalue weighted by Gasteiger charge is 2.51. The summed E-state index contributed by atoms with van der Waals surface area (Å²) in [6.45, 7) is 3.30. The molecule has 4 aliphatic carbocycles. The predicted molar refractivity (Wildman–Crippen MR) is 137 cm³/mol. The van der Waals surface area contributed by atoms with Gasteiger partial charge in [0.15, 0.2) is 5.78 Å². The smallest absolute Gasteiger partial charge is 0.319 e. The highest BCUT2D eigenvalue weighted by molar-refractivity contribution is 5.99. The fraction of sp³-hybridized carbons (Fsp3) is 0.517. The van der Waals surface area contributed by atoms with Gasteiger partial charge in [0.1, 0.15) is 0 Å². The van der Waals surface area contributed by atoms with Crippen LogP contribution in [0.1, 0.15) is 54.4 Å². The molecular formula is C29H35N3O3. The monoisotopic (exact) mass is 473 g/mol. The molecule has 2 aromatic rings. The molecule has 0 atom stereocenters. The number of urea groups is 1. The van der Waals surface area contributed by atoms with Crippen LogP contribution in [0.3, 0.4) is 0 Å². The molecule has 0 aromatic heterocycles. The van der Waals surface area contributed by atoms with Crippen LogP contribution in [0.15, 0.2) is 48.5 Å². The van der Waals surface area contributed by atoms with Crippen LogP contribution in [0.5, 0.6) is 0 Å². The number of anilines is 2. The number of hydrogen-bond acceptors (Lipinski definition) is 4. The normalized spacial score (nSPS) is 29.1. The van der Waals surface area contributed by atoms with E-state index in [1.54, 1.807) is 6.07 Å². The number of benzene rings is 2. The second-order valence-electron chi connectivity index (χ2n) is 11.2. The lowest BCUT2D eigenvalue weighted by Crippen LogP contribution is -2.60. The topological polar surface area (TPSA) is 70.7 Å². The molecule has 4 saturated carbocycles. The van der Waals surface area contributed by atoms with Gasteiger partial charge in [-0.05, 0) is 86.1 Å². The predicted octanol–water partition coefficient (Wildman–Crippen LogP) is 5.04. The first kappa shape index (κ1) is 22.6. The molecule has 0 radical (unpaired) electrons. The minimum absolute atomic E-state index is 0.0281. The Hall–Kier alpha value is -2.86. The van der Waals surface area contributed by atoms with Gasteiger partial charge in [0.2, 0.25) is 0 Å². The van der Waals surface area contributed by atoms with Crippen molar-refractivity contribution in [3.05, 3.63) is 59.7 Å². The maximum absolute atomic E-state index is 13.0. The Morgan fingerprint density at radius 2 is 1.57 bits per heavy atom. The largest absolute Gasteiger partial charge is 0.378 e. The second-order valence-corrected chi connectivity index (χ2v) is 11.2. The van der Waals surface area contributed by atoms with Gasteiger partial charge in [-0.2, -0.15) is 0 Å². The molecule has 1 saturated heterocycles. The summed E-state index contributed by atoms with van der Waals surface area (Å²) in [7, 11) is 0. The number of ether oxygens (including phenoxy) is 1. The van der Waals surface area contributed by atoms with E-state index < -0.39 is 0 Å². The van der Waals surface area contributed by atoms with Crippen molar-refractivity contribution in [1.82, 2.24) is 5.32 Å². The summed E-state index contributed by atoms with van der Waals surface area (Å²) in [6, 6.07) is 15.4. The minimum atomic E-state index is -0.143. The number of carbonyl (C=O) groups is 2. The zero-order chi connectivity index (χ0) is 23.8. The molecule has 2 N–H and O–H groups in total. The maximum Gasteiger partial charge on any atom is 0.319 e. The van der Waals surface area contributed by atoms with Gasteiger partial charge in [0.25, 0.3) is 0 Å². The van der Waals surface area contributed by atoms with Crippen molar-refractivity contribution in [1.29, 1.82) is 0 Å². The average Bonchev–Trinajstić information content (AvgIpc) is 2.84. The Morgan fingerprint density at radius 3 is 2.23 bits per heavy atom. The summed E-state index contributed by atoms with van der Waals surface area (Å²) in [5.41, 5.74) is 3.42. The fourth-order valence-electron chi connectivity index (χ4n) is 7.37. The molecule has 2 amide bonds. The molecule has 5 aliphatic rings. The van der Waals surface area contributed by atoms with Gasteiger partial charge in [0.05, 0.1) is 13.2 Å². The first-order valence-corrected chi connectivity index (χ1v) is 13.2. The Labute approximate surface area is 207 Å². The Bertz CT molecular complexity index is 1060. The summed E-state index contributed by atoms with van der Waals surface area (Å²) in [4.78, 5) is 28.2. The highest BCUT2D eigenvalue weighted by Crippen LogP contribution is 2.55. The van der Waals surface area contributed by atoms with Gasteiger partial charge in [-0.3, -0.25) is 4.79 Å². The molecule has 0 spiro atoms. The van der Waals surface area contributed by atoms with Crippen LogP contribution in [0.4, 0.5) is 16.2 Å². The van der Waals surface area contributed by atoms with E-state index in [0.717, 1.165) is 68.9 Å². The molecule has 6 nitrogen and oxygen atoms in total. The quantitative estimate of drug-likeness (QED) is 0.577. The summed E-state index contributed by atoms with van der Waals surface area (Å²) in [5.74, 6) is 2.40. The van der Waals surface area contributed by atoms with Crippen LogP contribution in [-0.4, -0.2) is 43.7 Å². The average molecular weight is 474 g/mol. The molecule has 1 heterocycles. The Kier molecular flexibility index (Phi) is 6.01. The van der Waals surface area contributed by atoms with Gasteiger partial charge in [0, 0.05) is 42.0 Å². The van der Waals surface area contributed by atoms with Crippen molar-refractivity contribution in [2.45, 2.75) is 50.5 Å². The molecular weight excluding hydrogens is 438 g/mol.